The minimum atomic E-state index is -1.07. The van der Waals surface area contributed by atoms with Crippen LogP contribution in [-0.2, 0) is 6.54 Å². The van der Waals surface area contributed by atoms with E-state index in [1.807, 2.05) is 0 Å². The minimum Gasteiger partial charge on any atom is -0.478 e. The normalized spacial score (nSPS) is 11.7. The maximum Gasteiger partial charge on any atom is 0.337 e. The summed E-state index contributed by atoms with van der Waals surface area (Å²) >= 11 is 0. The second kappa shape index (κ2) is 6.16. The molecule has 0 spiro atoms. The lowest BCUT2D eigenvalue weighted by Crippen LogP contribution is -2.16. The van der Waals surface area contributed by atoms with Gasteiger partial charge in [0.1, 0.15) is 5.82 Å². The lowest BCUT2D eigenvalue weighted by molar-refractivity contribution is 0.0698. The Balaban J connectivity index is 2.10. The number of hydrogen-bond acceptors (Lipinski definition) is 4. The van der Waals surface area contributed by atoms with Crippen molar-refractivity contribution >= 4 is 28.4 Å². The molecule has 7 heteroatoms. The van der Waals surface area contributed by atoms with E-state index >= 15 is 0 Å². The highest BCUT2D eigenvalue weighted by Gasteiger charge is 2.19. The summed E-state index contributed by atoms with van der Waals surface area (Å²) in [5.41, 5.74) is 1.14. The second-order valence-electron chi connectivity index (χ2n) is 7.08. The third kappa shape index (κ3) is 3.60. The van der Waals surface area contributed by atoms with Crippen molar-refractivity contribution < 1.29 is 14.3 Å². The molecule has 2 N–H and O–H groups in total. The largest absolute Gasteiger partial charge is 0.478 e. The van der Waals surface area contributed by atoms with Crippen LogP contribution in [0.5, 0.6) is 0 Å². The molecular weight excluding hydrogens is 323 g/mol. The molecule has 0 saturated heterocycles. The summed E-state index contributed by atoms with van der Waals surface area (Å²) in [5, 5.41) is 17.4. The summed E-state index contributed by atoms with van der Waals surface area (Å²) in [7, 11) is 0. The van der Waals surface area contributed by atoms with Crippen molar-refractivity contribution in [1.82, 2.24) is 14.8 Å². The average Bonchev–Trinajstić information content (AvgIpc) is 2.82. The van der Waals surface area contributed by atoms with Gasteiger partial charge in [-0.05, 0) is 29.7 Å². The standard InChI is InChI=1S/C18H19FN4O2/c1-18(2,3)10-23-15-5-4-11(19)8-13(15)16(22-23)21-14-9-20-7-6-12(14)17(24)25/h4-9H,10H2,1-3H3,(H,21,22)(H,24,25). The van der Waals surface area contributed by atoms with Crippen LogP contribution < -0.4 is 5.32 Å². The molecule has 2 aromatic heterocycles. The molecule has 0 bridgehead atoms. The van der Waals surface area contributed by atoms with Crippen molar-refractivity contribution in [1.29, 1.82) is 0 Å². The number of nitrogens with one attached hydrogen (secondary N) is 1. The SMILES string of the molecule is CC(C)(C)Cn1nc(Nc2cnccc2C(=O)O)c2cc(F)ccc21. The Morgan fingerprint density at radius 1 is 1.32 bits per heavy atom. The van der Waals surface area contributed by atoms with Crippen LogP contribution in [0.2, 0.25) is 0 Å². The predicted molar refractivity (Wildman–Crippen MR) is 93.6 cm³/mol. The zero-order valence-electron chi connectivity index (χ0n) is 14.2. The Morgan fingerprint density at radius 3 is 2.76 bits per heavy atom. The van der Waals surface area contributed by atoms with Crippen molar-refractivity contribution in [3.63, 3.8) is 0 Å². The fourth-order valence-corrected chi connectivity index (χ4v) is 2.62. The molecule has 0 atom stereocenters. The van der Waals surface area contributed by atoms with E-state index in [0.29, 0.717) is 23.4 Å². The number of carboxylic acid groups (broad SMARTS) is 1. The highest BCUT2D eigenvalue weighted by Crippen LogP contribution is 2.29. The first-order valence-electron chi connectivity index (χ1n) is 7.85. The molecule has 0 amide bonds. The van der Waals surface area contributed by atoms with E-state index in [1.165, 1.54) is 30.6 Å². The van der Waals surface area contributed by atoms with E-state index in [0.717, 1.165) is 5.52 Å². The minimum absolute atomic E-state index is 0.0227. The monoisotopic (exact) mass is 342 g/mol. The third-order valence-corrected chi connectivity index (χ3v) is 3.64. The number of halogens is 1. The van der Waals surface area contributed by atoms with Gasteiger partial charge in [0.05, 0.1) is 23.0 Å². The first-order valence-corrected chi connectivity index (χ1v) is 7.85. The summed E-state index contributed by atoms with van der Waals surface area (Å²) in [5.74, 6) is -1.06. The Labute approximate surface area is 144 Å². The maximum atomic E-state index is 13.7. The van der Waals surface area contributed by atoms with Crippen LogP contribution in [0.25, 0.3) is 10.9 Å². The van der Waals surface area contributed by atoms with Gasteiger partial charge >= 0.3 is 5.97 Å². The number of carbonyl (C=O) groups is 1. The summed E-state index contributed by atoms with van der Waals surface area (Å²) in [6.07, 6.45) is 2.82. The van der Waals surface area contributed by atoms with Crippen molar-refractivity contribution in [3.8, 4) is 0 Å². The van der Waals surface area contributed by atoms with E-state index in [9.17, 15) is 14.3 Å². The first-order chi connectivity index (χ1) is 11.7. The van der Waals surface area contributed by atoms with Gasteiger partial charge in [-0.25, -0.2) is 9.18 Å². The maximum absolute atomic E-state index is 13.7. The van der Waals surface area contributed by atoms with Crippen LogP contribution >= 0.6 is 0 Å². The van der Waals surface area contributed by atoms with Crippen LogP contribution in [0.15, 0.2) is 36.7 Å². The highest BCUT2D eigenvalue weighted by molar-refractivity contribution is 5.97. The number of nitrogens with zero attached hydrogens (tertiary/aromatic N) is 3. The number of pyridine rings is 1. The van der Waals surface area contributed by atoms with Crippen molar-refractivity contribution in [2.24, 2.45) is 5.41 Å². The Hall–Kier alpha value is -2.96. The number of fused-ring (bicyclic) bond motifs is 1. The van der Waals surface area contributed by atoms with Crippen molar-refractivity contribution in [3.05, 3.63) is 48.0 Å². The van der Waals surface area contributed by atoms with Gasteiger partial charge in [-0.1, -0.05) is 20.8 Å². The molecule has 6 nitrogen and oxygen atoms in total. The number of aromatic nitrogens is 3. The zero-order valence-corrected chi connectivity index (χ0v) is 14.2. The fourth-order valence-electron chi connectivity index (χ4n) is 2.62. The molecule has 130 valence electrons. The lowest BCUT2D eigenvalue weighted by Gasteiger charge is -2.18. The van der Waals surface area contributed by atoms with Crippen LogP contribution in [0.4, 0.5) is 15.9 Å². The molecule has 3 aromatic rings. The predicted octanol–water partition coefficient (Wildman–Crippen LogP) is 4.06. The van der Waals surface area contributed by atoms with Crippen LogP contribution in [0.3, 0.4) is 0 Å². The molecule has 0 saturated carbocycles. The molecule has 3 rings (SSSR count). The number of carboxylic acids is 1. The number of hydrogen-bond donors (Lipinski definition) is 2. The topological polar surface area (TPSA) is 80.0 Å². The van der Waals surface area contributed by atoms with Crippen molar-refractivity contribution in [2.45, 2.75) is 27.3 Å². The molecule has 0 fully saturated rings. The van der Waals surface area contributed by atoms with Gasteiger partial charge in [-0.15, -0.1) is 0 Å². The molecular formula is C18H19FN4O2. The van der Waals surface area contributed by atoms with E-state index in [2.05, 4.69) is 36.2 Å². The van der Waals surface area contributed by atoms with Gasteiger partial charge in [-0.2, -0.15) is 5.10 Å². The van der Waals surface area contributed by atoms with Gasteiger partial charge in [-0.3, -0.25) is 9.67 Å². The van der Waals surface area contributed by atoms with E-state index in [-0.39, 0.29) is 16.8 Å². The lowest BCUT2D eigenvalue weighted by atomic mass is 9.97. The van der Waals surface area contributed by atoms with Crippen LogP contribution in [0, 0.1) is 11.2 Å². The van der Waals surface area contributed by atoms with Crippen LogP contribution in [-0.4, -0.2) is 25.8 Å². The molecule has 1 aromatic carbocycles. The van der Waals surface area contributed by atoms with Gasteiger partial charge < -0.3 is 10.4 Å². The summed E-state index contributed by atoms with van der Waals surface area (Å²) < 4.78 is 15.5. The summed E-state index contributed by atoms with van der Waals surface area (Å²) in [6, 6.07) is 5.86. The van der Waals surface area contributed by atoms with Gasteiger partial charge in [0, 0.05) is 18.1 Å². The third-order valence-electron chi connectivity index (χ3n) is 3.64. The second-order valence-corrected chi connectivity index (χ2v) is 7.08. The Bertz CT molecular complexity index is 944. The summed E-state index contributed by atoms with van der Waals surface area (Å²) in [6.45, 7) is 6.89. The summed E-state index contributed by atoms with van der Waals surface area (Å²) in [4.78, 5) is 15.3. The molecule has 2 heterocycles. The van der Waals surface area contributed by atoms with E-state index in [1.54, 1.807) is 10.7 Å². The molecule has 0 aliphatic carbocycles. The van der Waals surface area contributed by atoms with E-state index in [4.69, 9.17) is 0 Å². The quantitative estimate of drug-likeness (QED) is 0.747. The molecule has 0 aliphatic rings. The van der Waals surface area contributed by atoms with Crippen LogP contribution in [0.1, 0.15) is 31.1 Å². The van der Waals surface area contributed by atoms with Gasteiger partial charge in [0.2, 0.25) is 0 Å². The first kappa shape index (κ1) is 16.9. The number of anilines is 2. The number of rotatable bonds is 4. The molecule has 0 radical (unpaired) electrons. The van der Waals surface area contributed by atoms with Gasteiger partial charge in [0.15, 0.2) is 5.82 Å². The average molecular weight is 342 g/mol. The highest BCUT2D eigenvalue weighted by atomic mass is 19.1. The molecule has 0 aliphatic heterocycles. The smallest absolute Gasteiger partial charge is 0.337 e. The fraction of sp³-hybridized carbons (Fsp3) is 0.278. The Kier molecular flexibility index (Phi) is 4.16. The molecule has 0 unspecified atom stereocenters. The van der Waals surface area contributed by atoms with E-state index < -0.39 is 5.97 Å². The zero-order chi connectivity index (χ0) is 18.2. The molecule has 25 heavy (non-hydrogen) atoms. The van der Waals surface area contributed by atoms with Crippen molar-refractivity contribution in [2.75, 3.05) is 5.32 Å². The number of aromatic carboxylic acids is 1. The van der Waals surface area contributed by atoms with Gasteiger partial charge in [0.25, 0.3) is 0 Å². The Morgan fingerprint density at radius 2 is 2.08 bits per heavy atom. The number of benzene rings is 1.